The Labute approximate surface area is 123 Å². The zero-order valence-electron chi connectivity index (χ0n) is 12.0. The molecule has 1 aromatic heterocycles. The molecule has 112 valence electrons. The molecule has 1 aliphatic rings. The van der Waals surface area contributed by atoms with Crippen molar-refractivity contribution >= 4 is 5.69 Å². The van der Waals surface area contributed by atoms with Gasteiger partial charge < -0.3 is 15.2 Å². The molecule has 3 rings (SSSR count). The van der Waals surface area contributed by atoms with Crippen molar-refractivity contribution in [1.82, 2.24) is 20.2 Å². The predicted molar refractivity (Wildman–Crippen MR) is 77.9 cm³/mol. The number of aromatic nitrogens is 4. The maximum Gasteiger partial charge on any atom is 0.186 e. The molecule has 1 saturated heterocycles. The van der Waals surface area contributed by atoms with Crippen LogP contribution in [0.15, 0.2) is 18.2 Å². The van der Waals surface area contributed by atoms with E-state index >= 15 is 0 Å². The third-order valence-electron chi connectivity index (χ3n) is 3.55. The van der Waals surface area contributed by atoms with Crippen molar-refractivity contribution in [1.29, 1.82) is 0 Å². The lowest BCUT2D eigenvalue weighted by Crippen LogP contribution is -2.23. The molecule has 2 N–H and O–H groups in total. The fourth-order valence-electron chi connectivity index (χ4n) is 2.57. The summed E-state index contributed by atoms with van der Waals surface area (Å²) in [5, 5.41) is 12.1. The number of hydrogen-bond donors (Lipinski definition) is 1. The largest absolute Gasteiger partial charge is 0.491 e. The van der Waals surface area contributed by atoms with Gasteiger partial charge in [0.25, 0.3) is 0 Å². The van der Waals surface area contributed by atoms with Gasteiger partial charge in [-0.25, -0.2) is 4.68 Å². The molecule has 2 heterocycles. The first kappa shape index (κ1) is 13.8. The number of hydrogen-bond acceptors (Lipinski definition) is 6. The van der Waals surface area contributed by atoms with Crippen LogP contribution in [0.3, 0.4) is 0 Å². The van der Waals surface area contributed by atoms with Crippen molar-refractivity contribution in [2.45, 2.75) is 25.8 Å². The Hall–Kier alpha value is -2.15. The first-order valence-electron chi connectivity index (χ1n) is 7.18. The Morgan fingerprint density at radius 1 is 1.48 bits per heavy atom. The molecule has 0 saturated carbocycles. The summed E-state index contributed by atoms with van der Waals surface area (Å²) in [5.74, 6) is 1.30. The smallest absolute Gasteiger partial charge is 0.186 e. The number of anilines is 1. The van der Waals surface area contributed by atoms with E-state index in [9.17, 15) is 0 Å². The molecule has 1 aromatic carbocycles. The van der Waals surface area contributed by atoms with Crippen LogP contribution < -0.4 is 10.5 Å². The fourth-order valence-corrected chi connectivity index (χ4v) is 2.57. The van der Waals surface area contributed by atoms with E-state index in [0.29, 0.717) is 30.5 Å². The summed E-state index contributed by atoms with van der Waals surface area (Å²) in [6.07, 6.45) is 2.02. The third-order valence-corrected chi connectivity index (χ3v) is 3.55. The number of nitrogens with zero attached hydrogens (tertiary/aromatic N) is 4. The number of nitrogen functional groups attached to an aromatic ring is 1. The van der Waals surface area contributed by atoms with Gasteiger partial charge in [-0.05, 0) is 42.3 Å². The van der Waals surface area contributed by atoms with Crippen LogP contribution in [0.2, 0.25) is 0 Å². The number of ether oxygens (including phenoxy) is 2. The lowest BCUT2D eigenvalue weighted by molar-refractivity contribution is 0.0548. The molecule has 2 aromatic rings. The van der Waals surface area contributed by atoms with E-state index in [4.69, 9.17) is 15.2 Å². The Kier molecular flexibility index (Phi) is 4.01. The zero-order valence-corrected chi connectivity index (χ0v) is 12.0. The highest BCUT2D eigenvalue weighted by Gasteiger charge is 2.23. The maximum absolute atomic E-state index is 6.01. The minimum atomic E-state index is 0.152. The normalized spacial score (nSPS) is 18.6. The minimum absolute atomic E-state index is 0.152. The van der Waals surface area contributed by atoms with E-state index in [2.05, 4.69) is 15.5 Å². The van der Waals surface area contributed by atoms with E-state index in [1.54, 1.807) is 0 Å². The van der Waals surface area contributed by atoms with Crippen molar-refractivity contribution in [2.75, 3.05) is 25.6 Å². The molecule has 21 heavy (non-hydrogen) atoms. The summed E-state index contributed by atoms with van der Waals surface area (Å²) in [7, 11) is 0. The summed E-state index contributed by atoms with van der Waals surface area (Å²) in [5.41, 5.74) is 7.41. The van der Waals surface area contributed by atoms with Gasteiger partial charge in [-0.15, -0.1) is 5.10 Å². The van der Waals surface area contributed by atoms with E-state index < -0.39 is 0 Å². The van der Waals surface area contributed by atoms with Crippen LogP contribution in [0, 0.1) is 0 Å². The lowest BCUT2D eigenvalue weighted by Gasteiger charge is -2.23. The molecule has 0 spiro atoms. The van der Waals surface area contributed by atoms with Crippen molar-refractivity contribution < 1.29 is 9.47 Å². The van der Waals surface area contributed by atoms with Gasteiger partial charge in [-0.1, -0.05) is 6.07 Å². The van der Waals surface area contributed by atoms with E-state index in [1.165, 1.54) is 0 Å². The molecule has 1 unspecified atom stereocenters. The molecular formula is C14H19N5O2. The van der Waals surface area contributed by atoms with Gasteiger partial charge in [0.05, 0.1) is 30.5 Å². The minimum Gasteiger partial charge on any atom is -0.491 e. The Morgan fingerprint density at radius 3 is 3.14 bits per heavy atom. The molecule has 0 radical (unpaired) electrons. The maximum atomic E-state index is 6.01. The average molecular weight is 289 g/mol. The van der Waals surface area contributed by atoms with Crippen LogP contribution in [-0.2, 0) is 4.74 Å². The third kappa shape index (κ3) is 2.69. The van der Waals surface area contributed by atoms with E-state index in [-0.39, 0.29) is 6.04 Å². The van der Waals surface area contributed by atoms with Gasteiger partial charge in [0, 0.05) is 6.61 Å². The predicted octanol–water partition coefficient (Wildman–Crippen LogP) is 1.67. The Morgan fingerprint density at radius 2 is 2.38 bits per heavy atom. The Balaban J connectivity index is 2.01. The monoisotopic (exact) mass is 289 g/mol. The van der Waals surface area contributed by atoms with Crippen LogP contribution in [0.25, 0.3) is 11.4 Å². The topological polar surface area (TPSA) is 88.1 Å². The highest BCUT2D eigenvalue weighted by Crippen LogP contribution is 2.35. The summed E-state index contributed by atoms with van der Waals surface area (Å²) in [6, 6.07) is 5.77. The standard InChI is InChI=1S/C14H19N5O2/c1-2-21-13-11(6-3-7-12(13)15)14-16-17-18-19(14)10-5-4-8-20-9-10/h3,6-7,10H,2,4-5,8-9,15H2,1H3. The van der Waals surface area contributed by atoms with Gasteiger partial charge in [0.2, 0.25) is 0 Å². The molecule has 7 nitrogen and oxygen atoms in total. The second-order valence-corrected chi connectivity index (χ2v) is 4.97. The van der Waals surface area contributed by atoms with Crippen molar-refractivity contribution in [3.8, 4) is 17.1 Å². The molecule has 0 bridgehead atoms. The van der Waals surface area contributed by atoms with Crippen molar-refractivity contribution in [3.63, 3.8) is 0 Å². The van der Waals surface area contributed by atoms with Crippen LogP contribution >= 0.6 is 0 Å². The van der Waals surface area contributed by atoms with Crippen LogP contribution in [-0.4, -0.2) is 40.0 Å². The highest BCUT2D eigenvalue weighted by atomic mass is 16.5. The van der Waals surface area contributed by atoms with Crippen LogP contribution in [0.4, 0.5) is 5.69 Å². The van der Waals surface area contributed by atoms with Gasteiger partial charge >= 0.3 is 0 Å². The molecule has 0 amide bonds. The molecule has 1 fully saturated rings. The van der Waals surface area contributed by atoms with Gasteiger partial charge in [-0.2, -0.15) is 0 Å². The summed E-state index contributed by atoms with van der Waals surface area (Å²) < 4.78 is 13.0. The van der Waals surface area contributed by atoms with Crippen molar-refractivity contribution in [3.05, 3.63) is 18.2 Å². The summed E-state index contributed by atoms with van der Waals surface area (Å²) >= 11 is 0. The fraction of sp³-hybridized carbons (Fsp3) is 0.500. The summed E-state index contributed by atoms with van der Waals surface area (Å²) in [6.45, 7) is 3.89. The van der Waals surface area contributed by atoms with Crippen LogP contribution in [0.5, 0.6) is 5.75 Å². The molecule has 7 heteroatoms. The molecule has 1 aliphatic heterocycles. The van der Waals surface area contributed by atoms with Gasteiger partial charge in [0.15, 0.2) is 11.6 Å². The first-order chi connectivity index (χ1) is 10.3. The number of rotatable bonds is 4. The lowest BCUT2D eigenvalue weighted by atomic mass is 10.1. The number of nitrogens with two attached hydrogens (primary N) is 1. The van der Waals surface area contributed by atoms with Crippen molar-refractivity contribution in [2.24, 2.45) is 0 Å². The van der Waals surface area contributed by atoms with Gasteiger partial charge in [0.1, 0.15) is 0 Å². The molecule has 0 aliphatic carbocycles. The van der Waals surface area contributed by atoms with E-state index in [1.807, 2.05) is 29.8 Å². The zero-order chi connectivity index (χ0) is 14.7. The number of benzene rings is 1. The van der Waals surface area contributed by atoms with Crippen LogP contribution in [0.1, 0.15) is 25.8 Å². The molecule has 1 atom stereocenters. The summed E-state index contributed by atoms with van der Waals surface area (Å²) in [4.78, 5) is 0. The number of para-hydroxylation sites is 1. The molecular weight excluding hydrogens is 270 g/mol. The second-order valence-electron chi connectivity index (χ2n) is 4.97. The quantitative estimate of drug-likeness (QED) is 0.861. The first-order valence-corrected chi connectivity index (χ1v) is 7.18. The Bertz CT molecular complexity index is 607. The average Bonchev–Trinajstić information content (AvgIpc) is 3.00. The number of tetrazole rings is 1. The van der Waals surface area contributed by atoms with E-state index in [0.717, 1.165) is 25.0 Å². The second kappa shape index (κ2) is 6.09. The highest BCUT2D eigenvalue weighted by molar-refractivity contribution is 5.73. The van der Waals surface area contributed by atoms with Gasteiger partial charge in [-0.3, -0.25) is 0 Å². The SMILES string of the molecule is CCOc1c(N)cccc1-c1nnnn1C1CCCOC1.